The standard InChI is InChI=1S/C71H53N/c1-69(2)42-41-63-68(69)58-26-15-17-29-61(58)71(63)60-28-16-14-25-57(60)67-54(27-18-30-62(67)71)49-31-35-52(36-32-49)72(66-40-34-50(46-19-8-5-9-20-46)43-59(66)48-23-12-7-13-24-48)53-37-39-56-55-38-33-51(47-21-10-6-11-22-47)44-64(55)70(3,4)65(56)45-53/h5-45H,1-4H3. The maximum absolute atomic E-state index is 2.49. The molecule has 0 aliphatic heterocycles. The minimum Gasteiger partial charge on any atom is -0.310 e. The number of allylic oxidation sites excluding steroid dienone is 4. The van der Waals surface area contributed by atoms with Gasteiger partial charge in [-0.25, -0.2) is 0 Å². The first-order valence-electron chi connectivity index (χ1n) is 25.5. The molecule has 342 valence electrons. The van der Waals surface area contributed by atoms with Gasteiger partial charge in [0.05, 0.1) is 11.1 Å². The molecular weight excluding hydrogens is 867 g/mol. The fourth-order valence-corrected chi connectivity index (χ4v) is 13.2. The third kappa shape index (κ3) is 6.07. The quantitative estimate of drug-likeness (QED) is 0.154. The van der Waals surface area contributed by atoms with Crippen molar-refractivity contribution in [2.24, 2.45) is 5.41 Å². The molecule has 0 saturated carbocycles. The molecule has 72 heavy (non-hydrogen) atoms. The van der Waals surface area contributed by atoms with Crippen molar-refractivity contribution in [1.29, 1.82) is 0 Å². The van der Waals surface area contributed by atoms with Gasteiger partial charge in [-0.1, -0.05) is 234 Å². The summed E-state index contributed by atoms with van der Waals surface area (Å²) < 4.78 is 0. The zero-order valence-electron chi connectivity index (χ0n) is 41.1. The molecule has 1 heteroatoms. The van der Waals surface area contributed by atoms with Gasteiger partial charge in [-0.05, 0) is 148 Å². The number of benzene rings is 10. The number of hydrogen-bond acceptors (Lipinski definition) is 1. The van der Waals surface area contributed by atoms with E-state index in [0.717, 1.165) is 17.1 Å². The first kappa shape index (κ1) is 42.4. The van der Waals surface area contributed by atoms with E-state index in [9.17, 15) is 0 Å². The van der Waals surface area contributed by atoms with Crippen LogP contribution in [0.1, 0.15) is 61.1 Å². The van der Waals surface area contributed by atoms with Gasteiger partial charge in [0.1, 0.15) is 0 Å². The number of fused-ring (bicyclic) bond motifs is 12. The smallest absolute Gasteiger partial charge is 0.0722 e. The Bertz CT molecular complexity index is 3890. The lowest BCUT2D eigenvalue weighted by Crippen LogP contribution is -2.26. The van der Waals surface area contributed by atoms with Crippen LogP contribution in [0.25, 0.3) is 72.3 Å². The first-order chi connectivity index (χ1) is 35.2. The van der Waals surface area contributed by atoms with E-state index in [1.165, 1.54) is 111 Å². The van der Waals surface area contributed by atoms with E-state index in [0.29, 0.717) is 0 Å². The van der Waals surface area contributed by atoms with Crippen molar-refractivity contribution < 1.29 is 0 Å². The molecule has 1 nitrogen and oxygen atoms in total. The maximum Gasteiger partial charge on any atom is 0.0722 e. The summed E-state index contributed by atoms with van der Waals surface area (Å²) in [4.78, 5) is 2.49. The minimum atomic E-state index is -0.376. The van der Waals surface area contributed by atoms with Gasteiger partial charge in [-0.3, -0.25) is 0 Å². The number of nitrogens with zero attached hydrogens (tertiary/aromatic N) is 1. The van der Waals surface area contributed by atoms with Crippen molar-refractivity contribution in [3.8, 4) is 66.8 Å². The average Bonchev–Trinajstić information content (AvgIpc) is 4.10. The van der Waals surface area contributed by atoms with Crippen LogP contribution in [0.2, 0.25) is 0 Å². The number of hydrogen-bond donors (Lipinski definition) is 0. The highest BCUT2D eigenvalue weighted by molar-refractivity contribution is 6.02. The van der Waals surface area contributed by atoms with Gasteiger partial charge in [0.2, 0.25) is 0 Å². The molecule has 1 spiro atoms. The van der Waals surface area contributed by atoms with Gasteiger partial charge in [0.15, 0.2) is 0 Å². The van der Waals surface area contributed by atoms with E-state index >= 15 is 0 Å². The van der Waals surface area contributed by atoms with Crippen LogP contribution in [0.15, 0.2) is 254 Å². The van der Waals surface area contributed by atoms with Crippen molar-refractivity contribution >= 4 is 22.6 Å². The van der Waals surface area contributed by atoms with Gasteiger partial charge < -0.3 is 4.90 Å². The van der Waals surface area contributed by atoms with Gasteiger partial charge in [-0.2, -0.15) is 0 Å². The summed E-state index contributed by atoms with van der Waals surface area (Å²) in [5, 5.41) is 0. The molecule has 0 radical (unpaired) electrons. The van der Waals surface area contributed by atoms with Crippen LogP contribution in [-0.2, 0) is 10.8 Å². The Morgan fingerprint density at radius 2 is 0.819 bits per heavy atom. The molecule has 0 amide bonds. The van der Waals surface area contributed by atoms with Crippen LogP contribution in [0, 0.1) is 5.41 Å². The fourth-order valence-electron chi connectivity index (χ4n) is 13.2. The van der Waals surface area contributed by atoms with Crippen LogP contribution in [-0.4, -0.2) is 0 Å². The lowest BCUT2D eigenvalue weighted by Gasteiger charge is -2.31. The zero-order valence-corrected chi connectivity index (χ0v) is 41.1. The normalized spacial score (nSPS) is 16.8. The summed E-state index contributed by atoms with van der Waals surface area (Å²) in [6.07, 6.45) is 4.86. The van der Waals surface area contributed by atoms with Crippen molar-refractivity contribution in [2.45, 2.75) is 38.5 Å². The molecular formula is C71H53N. The molecule has 0 aromatic heterocycles. The highest BCUT2D eigenvalue weighted by Crippen LogP contribution is 2.67. The fraction of sp³-hybridized carbons (Fsp3) is 0.0986. The molecule has 0 heterocycles. The molecule has 4 aliphatic rings. The van der Waals surface area contributed by atoms with Crippen LogP contribution >= 0.6 is 0 Å². The molecule has 0 N–H and O–H groups in total. The van der Waals surface area contributed by atoms with Crippen molar-refractivity contribution in [3.05, 3.63) is 288 Å². The second kappa shape index (κ2) is 15.7. The Labute approximate surface area is 423 Å². The largest absolute Gasteiger partial charge is 0.310 e. The number of rotatable bonds is 7. The van der Waals surface area contributed by atoms with Crippen LogP contribution in [0.4, 0.5) is 17.1 Å². The van der Waals surface area contributed by atoms with E-state index in [1.54, 1.807) is 0 Å². The van der Waals surface area contributed by atoms with Gasteiger partial charge in [0.25, 0.3) is 0 Å². The number of anilines is 3. The van der Waals surface area contributed by atoms with Gasteiger partial charge in [-0.15, -0.1) is 0 Å². The van der Waals surface area contributed by atoms with Crippen LogP contribution in [0.5, 0.6) is 0 Å². The van der Waals surface area contributed by atoms with E-state index in [1.807, 2.05) is 0 Å². The molecule has 4 aliphatic carbocycles. The minimum absolute atomic E-state index is 0.0569. The maximum atomic E-state index is 2.49. The predicted molar refractivity (Wildman–Crippen MR) is 302 cm³/mol. The van der Waals surface area contributed by atoms with Crippen molar-refractivity contribution in [3.63, 3.8) is 0 Å². The van der Waals surface area contributed by atoms with E-state index in [4.69, 9.17) is 0 Å². The zero-order chi connectivity index (χ0) is 48.3. The van der Waals surface area contributed by atoms with Gasteiger partial charge >= 0.3 is 0 Å². The molecule has 1 unspecified atom stereocenters. The van der Waals surface area contributed by atoms with E-state index < -0.39 is 0 Å². The highest BCUT2D eigenvalue weighted by Gasteiger charge is 2.55. The third-order valence-corrected chi connectivity index (χ3v) is 16.5. The summed E-state index contributed by atoms with van der Waals surface area (Å²) in [7, 11) is 0. The predicted octanol–water partition coefficient (Wildman–Crippen LogP) is 18.8. The summed E-state index contributed by atoms with van der Waals surface area (Å²) >= 11 is 0. The summed E-state index contributed by atoms with van der Waals surface area (Å²) in [6, 6.07) is 88.4. The summed E-state index contributed by atoms with van der Waals surface area (Å²) in [5.41, 5.74) is 28.8. The van der Waals surface area contributed by atoms with E-state index in [2.05, 4.69) is 281 Å². The van der Waals surface area contributed by atoms with Crippen LogP contribution in [0.3, 0.4) is 0 Å². The molecule has 10 aromatic carbocycles. The lowest BCUT2D eigenvalue weighted by molar-refractivity contribution is 0.659. The SMILES string of the molecule is CC1(C)C=CC2=C1c1ccccc1C21c2ccccc2-c2c(-c3ccc(N(c4ccc5c(c4)C(C)(C)c4cc(-c6ccccc6)ccc4-5)c4ccc(-c5ccccc5)cc4-c4ccccc4)cc3)cccc21. The van der Waals surface area contributed by atoms with Crippen molar-refractivity contribution in [1.82, 2.24) is 0 Å². The van der Waals surface area contributed by atoms with Crippen molar-refractivity contribution in [2.75, 3.05) is 4.90 Å². The topological polar surface area (TPSA) is 3.24 Å². The third-order valence-electron chi connectivity index (χ3n) is 16.5. The molecule has 14 rings (SSSR count). The second-order valence-electron chi connectivity index (χ2n) is 21.2. The molecule has 10 aromatic rings. The summed E-state index contributed by atoms with van der Waals surface area (Å²) in [5.74, 6) is 0. The van der Waals surface area contributed by atoms with Gasteiger partial charge in [0, 0.05) is 27.8 Å². The monoisotopic (exact) mass is 919 g/mol. The molecule has 0 bridgehead atoms. The highest BCUT2D eigenvalue weighted by atomic mass is 15.1. The Kier molecular flexibility index (Phi) is 9.26. The van der Waals surface area contributed by atoms with Crippen LogP contribution < -0.4 is 4.90 Å². The average molecular weight is 920 g/mol. The molecule has 0 fully saturated rings. The Hall–Kier alpha value is -8.52. The second-order valence-corrected chi connectivity index (χ2v) is 21.2. The first-order valence-corrected chi connectivity index (χ1v) is 25.5. The van der Waals surface area contributed by atoms with E-state index in [-0.39, 0.29) is 16.2 Å². The molecule has 1 atom stereocenters. The summed E-state index contributed by atoms with van der Waals surface area (Å²) in [6.45, 7) is 9.53. The molecule has 0 saturated heterocycles. The Morgan fingerprint density at radius 1 is 0.319 bits per heavy atom. The Morgan fingerprint density at radius 3 is 1.51 bits per heavy atom. The lowest BCUT2D eigenvalue weighted by atomic mass is 9.69. The Balaban J connectivity index is 0.940.